The molecule has 0 bridgehead atoms. The van der Waals surface area contributed by atoms with Crippen LogP contribution in [0, 0.1) is 0 Å². The Balaban J connectivity index is 3.24. The van der Waals surface area contributed by atoms with Gasteiger partial charge in [0.1, 0.15) is 0 Å². The van der Waals surface area contributed by atoms with Crippen molar-refractivity contribution in [2.75, 3.05) is 6.54 Å². The van der Waals surface area contributed by atoms with Gasteiger partial charge in [-0.25, -0.2) is 0 Å². The van der Waals surface area contributed by atoms with Crippen molar-refractivity contribution in [2.24, 2.45) is 0 Å². The van der Waals surface area contributed by atoms with Gasteiger partial charge in [0, 0.05) is 0 Å². The Labute approximate surface area is 45.9 Å². The van der Waals surface area contributed by atoms with Crippen molar-refractivity contribution >= 4 is 18.5 Å². The van der Waals surface area contributed by atoms with Gasteiger partial charge in [0.2, 0.25) is 12.2 Å². The monoisotopic (exact) mass is 115 g/mol. The fourth-order valence-electron chi connectivity index (χ4n) is 0.184. The molecule has 44 valence electrons. The van der Waals surface area contributed by atoms with Crippen molar-refractivity contribution < 1.29 is 14.4 Å². The molecule has 1 N–H and O–H groups in total. The largest absolute Gasteiger partial charge is 0.351 e. The molecule has 0 spiro atoms. The van der Waals surface area contributed by atoms with Crippen LogP contribution in [0.15, 0.2) is 0 Å². The number of carbonyl (C=O) groups is 3. The van der Waals surface area contributed by atoms with Gasteiger partial charge in [0.05, 0.1) is 6.54 Å². The smallest absolute Gasteiger partial charge is 0.214 e. The van der Waals surface area contributed by atoms with Gasteiger partial charge in [-0.1, -0.05) is 0 Å². The third-order valence-corrected chi connectivity index (χ3v) is 0.491. The average Bonchev–Trinajstić information content (AvgIpc) is 1.83. The summed E-state index contributed by atoms with van der Waals surface area (Å²) < 4.78 is 0. The molecule has 0 unspecified atom stereocenters. The molecule has 0 aliphatic carbocycles. The molecule has 0 saturated carbocycles. The first-order valence-electron chi connectivity index (χ1n) is 1.96. The first-order valence-corrected chi connectivity index (χ1v) is 1.96. The molecule has 4 heteroatoms. The minimum absolute atomic E-state index is 0.163. The summed E-state index contributed by atoms with van der Waals surface area (Å²) in [6, 6.07) is 0. The fourth-order valence-corrected chi connectivity index (χ4v) is 0.184. The molecular weight excluding hydrogens is 110 g/mol. The summed E-state index contributed by atoms with van der Waals surface area (Å²) in [6.45, 7) is -0.201. The average molecular weight is 115 g/mol. The number of hydrogen-bond donors (Lipinski definition) is 1. The summed E-state index contributed by atoms with van der Waals surface area (Å²) in [4.78, 5) is 28.9. The Morgan fingerprint density at radius 3 is 2.50 bits per heavy atom. The number of hydrogen-bond acceptors (Lipinski definition) is 3. The normalized spacial score (nSPS) is 7.50. The maximum atomic E-state index is 9.98. The SMILES string of the molecule is O=CNCC(=O)C=O. The third-order valence-electron chi connectivity index (χ3n) is 0.491. The summed E-state index contributed by atoms with van der Waals surface area (Å²) in [5, 5.41) is 2.04. The predicted octanol–water partition coefficient (Wildman–Crippen LogP) is -1.50. The molecule has 0 heterocycles. The molecular formula is C4H5NO3. The highest BCUT2D eigenvalue weighted by molar-refractivity contribution is 6.26. The molecule has 0 aromatic rings. The zero-order valence-corrected chi connectivity index (χ0v) is 4.09. The van der Waals surface area contributed by atoms with Crippen LogP contribution in [-0.2, 0) is 14.4 Å². The Bertz CT molecular complexity index is 110. The molecule has 0 atom stereocenters. The molecule has 0 rings (SSSR count). The molecule has 0 radical (unpaired) electrons. The van der Waals surface area contributed by atoms with Gasteiger partial charge in [-0.2, -0.15) is 0 Å². The molecule has 0 aromatic heterocycles. The van der Waals surface area contributed by atoms with E-state index in [9.17, 15) is 14.4 Å². The van der Waals surface area contributed by atoms with Crippen LogP contribution in [0.5, 0.6) is 0 Å². The Kier molecular flexibility index (Phi) is 3.39. The van der Waals surface area contributed by atoms with Crippen molar-refractivity contribution in [1.29, 1.82) is 0 Å². The third kappa shape index (κ3) is 3.02. The Morgan fingerprint density at radius 1 is 1.50 bits per heavy atom. The molecule has 0 aliphatic rings. The lowest BCUT2D eigenvalue weighted by molar-refractivity contribution is -0.129. The fraction of sp³-hybridized carbons (Fsp3) is 0.250. The molecule has 0 aliphatic heterocycles. The van der Waals surface area contributed by atoms with Crippen LogP contribution >= 0.6 is 0 Å². The van der Waals surface area contributed by atoms with E-state index >= 15 is 0 Å². The lowest BCUT2D eigenvalue weighted by atomic mass is 10.4. The lowest BCUT2D eigenvalue weighted by Crippen LogP contribution is -2.21. The van der Waals surface area contributed by atoms with Crippen LogP contribution in [-0.4, -0.2) is 25.0 Å². The molecule has 0 aromatic carbocycles. The summed E-state index contributed by atoms with van der Waals surface area (Å²) in [7, 11) is 0. The molecule has 0 saturated heterocycles. The number of nitrogens with one attached hydrogen (secondary N) is 1. The number of ketones is 1. The Hall–Kier alpha value is -1.19. The van der Waals surface area contributed by atoms with E-state index in [2.05, 4.69) is 0 Å². The number of amides is 1. The minimum Gasteiger partial charge on any atom is -0.351 e. The van der Waals surface area contributed by atoms with E-state index < -0.39 is 5.78 Å². The zero-order valence-electron chi connectivity index (χ0n) is 4.09. The van der Waals surface area contributed by atoms with Gasteiger partial charge in [-0.05, 0) is 0 Å². The maximum Gasteiger partial charge on any atom is 0.214 e. The number of aldehydes is 1. The highest BCUT2D eigenvalue weighted by Crippen LogP contribution is 1.55. The van der Waals surface area contributed by atoms with E-state index in [1.165, 1.54) is 0 Å². The quantitative estimate of drug-likeness (QED) is 0.358. The van der Waals surface area contributed by atoms with E-state index in [1.807, 2.05) is 5.32 Å². The second kappa shape index (κ2) is 3.98. The number of carbonyl (C=O) groups excluding carboxylic acids is 3. The van der Waals surface area contributed by atoms with Crippen molar-refractivity contribution in [2.45, 2.75) is 0 Å². The predicted molar refractivity (Wildman–Crippen MR) is 25.1 cm³/mol. The zero-order chi connectivity index (χ0) is 6.41. The topological polar surface area (TPSA) is 63.2 Å². The van der Waals surface area contributed by atoms with Gasteiger partial charge in [-0.15, -0.1) is 0 Å². The van der Waals surface area contributed by atoms with Crippen molar-refractivity contribution in [3.8, 4) is 0 Å². The van der Waals surface area contributed by atoms with E-state index in [0.717, 1.165) is 0 Å². The minimum atomic E-state index is -0.628. The van der Waals surface area contributed by atoms with E-state index in [4.69, 9.17) is 0 Å². The van der Waals surface area contributed by atoms with Gasteiger partial charge >= 0.3 is 0 Å². The van der Waals surface area contributed by atoms with Crippen LogP contribution in [0.25, 0.3) is 0 Å². The summed E-state index contributed by atoms with van der Waals surface area (Å²) in [5.41, 5.74) is 0. The highest BCUT2D eigenvalue weighted by atomic mass is 16.2. The van der Waals surface area contributed by atoms with E-state index in [1.54, 1.807) is 0 Å². The van der Waals surface area contributed by atoms with Crippen LogP contribution < -0.4 is 5.32 Å². The second-order valence-electron chi connectivity index (χ2n) is 1.08. The first-order chi connectivity index (χ1) is 3.81. The van der Waals surface area contributed by atoms with Gasteiger partial charge in [-0.3, -0.25) is 14.4 Å². The van der Waals surface area contributed by atoms with Crippen molar-refractivity contribution in [1.82, 2.24) is 5.32 Å². The highest BCUT2D eigenvalue weighted by Gasteiger charge is 1.93. The maximum absolute atomic E-state index is 9.98. The molecule has 1 amide bonds. The molecule has 0 fully saturated rings. The Morgan fingerprint density at radius 2 is 2.12 bits per heavy atom. The van der Waals surface area contributed by atoms with Gasteiger partial charge in [0.25, 0.3) is 0 Å². The second-order valence-corrected chi connectivity index (χ2v) is 1.08. The summed E-state index contributed by atoms with van der Waals surface area (Å²) in [6.07, 6.45) is 0.526. The lowest BCUT2D eigenvalue weighted by Gasteiger charge is -1.85. The van der Waals surface area contributed by atoms with E-state index in [-0.39, 0.29) is 12.8 Å². The van der Waals surface area contributed by atoms with E-state index in [0.29, 0.717) is 6.41 Å². The molecule has 4 nitrogen and oxygen atoms in total. The van der Waals surface area contributed by atoms with Crippen LogP contribution in [0.1, 0.15) is 0 Å². The van der Waals surface area contributed by atoms with Crippen LogP contribution in [0.2, 0.25) is 0 Å². The summed E-state index contributed by atoms with van der Waals surface area (Å²) in [5.74, 6) is -0.628. The first kappa shape index (κ1) is 6.81. The van der Waals surface area contributed by atoms with Crippen molar-refractivity contribution in [3.63, 3.8) is 0 Å². The standard InChI is InChI=1S/C4H5NO3/c6-2-4(8)1-5-3-7/h2-3H,1H2,(H,5,7). The van der Waals surface area contributed by atoms with Gasteiger partial charge in [0.15, 0.2) is 6.29 Å². The van der Waals surface area contributed by atoms with Crippen LogP contribution in [0.4, 0.5) is 0 Å². The molecule has 8 heavy (non-hydrogen) atoms. The summed E-state index contributed by atoms with van der Waals surface area (Å²) >= 11 is 0. The number of Topliss-reactive ketones (excluding diaryl/α,β-unsaturated/α-hetero) is 1. The van der Waals surface area contributed by atoms with Crippen LogP contribution in [0.3, 0.4) is 0 Å². The number of rotatable bonds is 4. The van der Waals surface area contributed by atoms with Crippen molar-refractivity contribution in [3.05, 3.63) is 0 Å². The van der Waals surface area contributed by atoms with Gasteiger partial charge < -0.3 is 5.32 Å².